The molecule has 0 saturated heterocycles. The summed E-state index contributed by atoms with van der Waals surface area (Å²) in [5.74, 6) is -1.10. The van der Waals surface area contributed by atoms with E-state index in [2.05, 4.69) is 26.2 Å². The van der Waals surface area contributed by atoms with Crippen molar-refractivity contribution in [1.82, 2.24) is 10.3 Å². The molecule has 0 unspecified atom stereocenters. The summed E-state index contributed by atoms with van der Waals surface area (Å²) in [6, 6.07) is 14.3. The third kappa shape index (κ3) is 3.83. The Morgan fingerprint density at radius 2 is 1.92 bits per heavy atom. The highest BCUT2D eigenvalue weighted by Crippen LogP contribution is 2.38. The van der Waals surface area contributed by atoms with Crippen LogP contribution in [0.15, 0.2) is 52.6 Å². The van der Waals surface area contributed by atoms with Gasteiger partial charge < -0.3 is 5.32 Å². The maximum atomic E-state index is 13.9. The molecule has 6 heteroatoms. The minimum Gasteiger partial charge on any atom is -0.342 e. The smallest absolute Gasteiger partial charge is 0.262 e. The summed E-state index contributed by atoms with van der Waals surface area (Å²) in [6.45, 7) is 0. The van der Waals surface area contributed by atoms with Crippen LogP contribution in [0.1, 0.15) is 36.9 Å². The molecule has 1 amide bonds. The topological polar surface area (TPSA) is 65.8 Å². The van der Waals surface area contributed by atoms with Crippen LogP contribution in [0.2, 0.25) is 0 Å². The fraction of sp³-hybridized carbons (Fsp3) is 0.250. The fourth-order valence-corrected chi connectivity index (χ4v) is 3.65. The summed E-state index contributed by atoms with van der Waals surface area (Å²) >= 11 is 3.16. The summed E-state index contributed by atoms with van der Waals surface area (Å²) in [7, 11) is 0. The van der Waals surface area contributed by atoms with Crippen molar-refractivity contribution >= 4 is 27.9 Å². The van der Waals surface area contributed by atoms with Crippen LogP contribution in [-0.4, -0.2) is 10.9 Å². The Hall–Kier alpha value is -2.52. The number of pyridine rings is 1. The number of carbonyl (C=O) groups is 1. The third-order valence-electron chi connectivity index (χ3n) is 4.62. The number of nitriles is 1. The Balaban J connectivity index is 1.90. The summed E-state index contributed by atoms with van der Waals surface area (Å²) in [6.07, 6.45) is 4.81. The lowest BCUT2D eigenvalue weighted by Crippen LogP contribution is -2.44. The summed E-state index contributed by atoms with van der Waals surface area (Å²) in [5, 5.41) is 12.4. The van der Waals surface area contributed by atoms with Crippen molar-refractivity contribution in [2.24, 2.45) is 0 Å². The highest BCUT2D eigenvalue weighted by molar-refractivity contribution is 9.10. The van der Waals surface area contributed by atoms with E-state index in [1.165, 1.54) is 18.2 Å². The van der Waals surface area contributed by atoms with Gasteiger partial charge in [-0.15, -0.1) is 0 Å². The number of halogens is 2. The maximum absolute atomic E-state index is 13.9. The molecule has 26 heavy (non-hydrogen) atoms. The van der Waals surface area contributed by atoms with Crippen molar-refractivity contribution in [3.8, 4) is 6.07 Å². The average molecular weight is 414 g/mol. The molecule has 0 bridgehead atoms. The van der Waals surface area contributed by atoms with Gasteiger partial charge in [-0.2, -0.15) is 5.26 Å². The second-order valence-electron chi connectivity index (χ2n) is 6.28. The van der Waals surface area contributed by atoms with E-state index in [1.807, 2.05) is 36.4 Å². The highest BCUT2D eigenvalue weighted by Gasteiger charge is 2.37. The zero-order valence-electron chi connectivity index (χ0n) is 14.0. The molecule has 1 aliphatic carbocycles. The second kappa shape index (κ2) is 7.79. The Morgan fingerprint density at radius 3 is 2.58 bits per heavy atom. The molecular weight excluding hydrogens is 397 g/mol. The molecule has 4 nitrogen and oxygen atoms in total. The molecule has 1 aliphatic rings. The summed E-state index contributed by atoms with van der Waals surface area (Å²) in [5.41, 5.74) is 0.315. The monoisotopic (exact) mass is 413 g/mol. The van der Waals surface area contributed by atoms with Crippen molar-refractivity contribution in [1.29, 1.82) is 5.26 Å². The minimum atomic E-state index is -0.590. The Morgan fingerprint density at radius 1 is 1.23 bits per heavy atom. The van der Waals surface area contributed by atoms with Crippen molar-refractivity contribution in [2.45, 2.75) is 31.2 Å². The number of aromatic nitrogens is 1. The molecule has 0 aliphatic heterocycles. The highest BCUT2D eigenvalue weighted by atomic mass is 79.9. The molecule has 1 N–H and O–H groups in total. The second-order valence-corrected chi connectivity index (χ2v) is 7.09. The van der Waals surface area contributed by atoms with Crippen LogP contribution in [0, 0.1) is 17.1 Å². The molecule has 3 rings (SSSR count). The molecule has 0 radical (unpaired) electrons. The van der Waals surface area contributed by atoms with Gasteiger partial charge in [0.15, 0.2) is 0 Å². The van der Waals surface area contributed by atoms with Crippen molar-refractivity contribution < 1.29 is 9.18 Å². The number of benzene rings is 1. The summed E-state index contributed by atoms with van der Waals surface area (Å²) in [4.78, 5) is 16.7. The Kier molecular flexibility index (Phi) is 5.48. The van der Waals surface area contributed by atoms with Gasteiger partial charge in [0, 0.05) is 0 Å². The first-order valence-electron chi connectivity index (χ1n) is 8.36. The quantitative estimate of drug-likeness (QED) is 0.456. The molecule has 1 fully saturated rings. The lowest BCUT2D eigenvalue weighted by Gasteiger charge is -2.31. The number of carbonyl (C=O) groups excluding carboxylic acids is 1. The average Bonchev–Trinajstić information content (AvgIpc) is 3.12. The van der Waals surface area contributed by atoms with Crippen LogP contribution in [-0.2, 0) is 10.3 Å². The molecule has 1 heterocycles. The van der Waals surface area contributed by atoms with Gasteiger partial charge in [-0.05, 0) is 52.5 Å². The predicted molar refractivity (Wildman–Crippen MR) is 100 cm³/mol. The summed E-state index contributed by atoms with van der Waals surface area (Å²) < 4.78 is 14.3. The molecule has 0 spiro atoms. The first-order chi connectivity index (χ1) is 12.5. The number of hydrogen-bond acceptors (Lipinski definition) is 3. The lowest BCUT2D eigenvalue weighted by atomic mass is 9.88. The Labute approximate surface area is 159 Å². The Bertz CT molecular complexity index is 884. The molecule has 132 valence electrons. The number of amides is 1. The number of nitrogens with one attached hydrogen (secondary N) is 1. The largest absolute Gasteiger partial charge is 0.342 e. The van der Waals surface area contributed by atoms with Crippen LogP contribution >= 0.6 is 15.9 Å². The van der Waals surface area contributed by atoms with Crippen molar-refractivity contribution in [2.75, 3.05) is 0 Å². The van der Waals surface area contributed by atoms with E-state index < -0.39 is 17.3 Å². The lowest BCUT2D eigenvalue weighted by molar-refractivity contribution is -0.119. The zero-order chi connectivity index (χ0) is 18.6. The van der Waals surface area contributed by atoms with Gasteiger partial charge in [-0.1, -0.05) is 43.2 Å². The first-order valence-corrected chi connectivity index (χ1v) is 9.15. The van der Waals surface area contributed by atoms with E-state index in [9.17, 15) is 14.4 Å². The van der Waals surface area contributed by atoms with Gasteiger partial charge in [0.1, 0.15) is 27.8 Å². The van der Waals surface area contributed by atoms with Crippen LogP contribution in [0.25, 0.3) is 6.08 Å². The predicted octanol–water partition coefficient (Wildman–Crippen LogP) is 4.48. The van der Waals surface area contributed by atoms with E-state index in [-0.39, 0.29) is 11.3 Å². The molecular formula is C20H17BrFN3O. The van der Waals surface area contributed by atoms with Crippen LogP contribution in [0.5, 0.6) is 0 Å². The zero-order valence-corrected chi connectivity index (χ0v) is 15.6. The van der Waals surface area contributed by atoms with Gasteiger partial charge >= 0.3 is 0 Å². The van der Waals surface area contributed by atoms with Gasteiger partial charge in [-0.3, -0.25) is 4.79 Å². The van der Waals surface area contributed by atoms with E-state index in [1.54, 1.807) is 0 Å². The van der Waals surface area contributed by atoms with Gasteiger partial charge in [-0.25, -0.2) is 9.37 Å². The number of rotatable bonds is 4. The van der Waals surface area contributed by atoms with Crippen LogP contribution < -0.4 is 5.32 Å². The fourth-order valence-electron chi connectivity index (χ4n) is 3.33. The van der Waals surface area contributed by atoms with E-state index in [0.717, 1.165) is 31.2 Å². The van der Waals surface area contributed by atoms with E-state index >= 15 is 0 Å². The number of nitrogens with zero attached hydrogens (tertiary/aromatic N) is 2. The maximum Gasteiger partial charge on any atom is 0.262 e. The molecule has 1 aromatic heterocycles. The molecule has 2 aromatic rings. The van der Waals surface area contributed by atoms with Crippen LogP contribution in [0.3, 0.4) is 0 Å². The SMILES string of the molecule is N#C/C(=C\c1nc(Br)ccc1F)C(=O)NC1(c2ccccc2)CCCC1. The van der Waals surface area contributed by atoms with Crippen molar-refractivity contribution in [3.63, 3.8) is 0 Å². The van der Waals surface area contributed by atoms with Crippen LogP contribution in [0.4, 0.5) is 4.39 Å². The van der Waals surface area contributed by atoms with E-state index in [4.69, 9.17) is 0 Å². The van der Waals surface area contributed by atoms with Gasteiger partial charge in [0.2, 0.25) is 0 Å². The third-order valence-corrected chi connectivity index (χ3v) is 5.06. The molecule has 1 saturated carbocycles. The molecule has 1 aromatic carbocycles. The van der Waals surface area contributed by atoms with Gasteiger partial charge in [0.05, 0.1) is 5.54 Å². The van der Waals surface area contributed by atoms with E-state index in [0.29, 0.717) is 4.60 Å². The first kappa shape index (κ1) is 18.3. The number of hydrogen-bond donors (Lipinski definition) is 1. The van der Waals surface area contributed by atoms with Gasteiger partial charge in [0.25, 0.3) is 5.91 Å². The minimum absolute atomic E-state index is 0.0498. The van der Waals surface area contributed by atoms with Crippen molar-refractivity contribution in [3.05, 3.63) is 69.7 Å². The molecule has 0 atom stereocenters. The normalized spacial score (nSPS) is 16.1. The standard InChI is InChI=1S/C20H17BrFN3O/c21-18-9-8-16(22)17(24-18)12-14(13-23)19(26)25-20(10-4-5-11-20)15-6-2-1-3-7-15/h1-3,6-9,12H,4-5,10-11H2,(H,25,26)/b14-12+.